The summed E-state index contributed by atoms with van der Waals surface area (Å²) in [4.78, 5) is 9.36. The molecule has 0 radical (unpaired) electrons. The van der Waals surface area contributed by atoms with Crippen LogP contribution >= 0.6 is 11.3 Å². The first kappa shape index (κ1) is 12.1. The van der Waals surface area contributed by atoms with Gasteiger partial charge in [0.05, 0.1) is 0 Å². The second-order valence-corrected chi connectivity index (χ2v) is 5.00. The minimum Gasteiger partial charge on any atom is -0.244 e. The van der Waals surface area contributed by atoms with Gasteiger partial charge in [-0.2, -0.15) is 0 Å². The first-order chi connectivity index (χ1) is 7.09. The molecule has 2 aromatic rings. The van der Waals surface area contributed by atoms with E-state index in [2.05, 4.69) is 36.1 Å². The summed E-state index contributed by atoms with van der Waals surface area (Å²) in [5.74, 6) is 0. The highest BCUT2D eigenvalue weighted by molar-refractivity contribution is 7.16. The Labute approximate surface area is 95.4 Å². The Kier molecular flexibility index (Phi) is 3.80. The van der Waals surface area contributed by atoms with E-state index in [-0.39, 0.29) is 5.41 Å². The first-order valence-corrected chi connectivity index (χ1v) is 6.15. The molecule has 0 N–H and O–H groups in total. The lowest BCUT2D eigenvalue weighted by Crippen LogP contribution is -2.09. The minimum atomic E-state index is 0.183. The lowest BCUT2D eigenvalue weighted by atomic mass is 9.88. The molecular formula is C12H18N2S. The van der Waals surface area contributed by atoms with E-state index in [4.69, 9.17) is 0 Å². The summed E-state index contributed by atoms with van der Waals surface area (Å²) in [5, 5.41) is 3.37. The smallest absolute Gasteiger partial charge is 0.126 e. The van der Waals surface area contributed by atoms with E-state index >= 15 is 0 Å². The van der Waals surface area contributed by atoms with Crippen molar-refractivity contribution in [1.82, 2.24) is 9.97 Å². The van der Waals surface area contributed by atoms with Gasteiger partial charge in [-0.25, -0.2) is 9.97 Å². The number of hydrogen-bond acceptors (Lipinski definition) is 3. The Morgan fingerprint density at radius 2 is 1.87 bits per heavy atom. The molecule has 15 heavy (non-hydrogen) atoms. The number of fused-ring (bicyclic) bond motifs is 1. The van der Waals surface area contributed by atoms with Crippen molar-refractivity contribution in [3.63, 3.8) is 0 Å². The van der Waals surface area contributed by atoms with Gasteiger partial charge in [-0.3, -0.25) is 0 Å². The van der Waals surface area contributed by atoms with Gasteiger partial charge < -0.3 is 0 Å². The maximum Gasteiger partial charge on any atom is 0.126 e. The van der Waals surface area contributed by atoms with Crippen LogP contribution in [0.25, 0.3) is 10.2 Å². The Morgan fingerprint density at radius 3 is 2.47 bits per heavy atom. The molecule has 0 unspecified atom stereocenters. The number of nitrogens with zero attached hydrogens (tertiary/aromatic N) is 2. The van der Waals surface area contributed by atoms with Crippen molar-refractivity contribution in [1.29, 1.82) is 0 Å². The van der Waals surface area contributed by atoms with Crippen LogP contribution in [0, 0.1) is 0 Å². The van der Waals surface area contributed by atoms with E-state index in [9.17, 15) is 0 Å². The molecule has 82 valence electrons. The molecule has 0 saturated heterocycles. The highest BCUT2D eigenvalue weighted by atomic mass is 32.1. The Hall–Kier alpha value is -0.960. The van der Waals surface area contributed by atoms with Gasteiger partial charge in [0.15, 0.2) is 0 Å². The quantitative estimate of drug-likeness (QED) is 0.673. The fraction of sp³-hybridized carbons (Fsp3) is 0.500. The van der Waals surface area contributed by atoms with Crippen LogP contribution in [0.3, 0.4) is 0 Å². The molecule has 0 aliphatic heterocycles. The zero-order chi connectivity index (χ0) is 11.5. The van der Waals surface area contributed by atoms with Crippen LogP contribution in [0.2, 0.25) is 0 Å². The minimum absolute atomic E-state index is 0.183. The highest BCUT2D eigenvalue weighted by Crippen LogP contribution is 2.32. The predicted octanol–water partition coefficient (Wildman–Crippen LogP) is 4.02. The molecule has 0 spiro atoms. The third-order valence-corrected chi connectivity index (χ3v) is 2.96. The second-order valence-electron chi connectivity index (χ2n) is 4.14. The summed E-state index contributed by atoms with van der Waals surface area (Å²) in [6.45, 7) is 10.6. The van der Waals surface area contributed by atoms with Crippen LogP contribution < -0.4 is 0 Å². The van der Waals surface area contributed by atoms with Crippen LogP contribution in [0.4, 0.5) is 0 Å². The molecule has 0 atom stereocenters. The van der Waals surface area contributed by atoms with Gasteiger partial charge in [0, 0.05) is 11.6 Å². The normalized spacial score (nSPS) is 11.0. The molecule has 0 bridgehead atoms. The van der Waals surface area contributed by atoms with Crippen LogP contribution in [0.15, 0.2) is 17.9 Å². The molecule has 0 aliphatic carbocycles. The van der Waals surface area contributed by atoms with Crippen molar-refractivity contribution in [2.75, 3.05) is 0 Å². The average molecular weight is 222 g/mol. The molecule has 0 amide bonds. The lowest BCUT2D eigenvalue weighted by molar-refractivity contribution is 0.597. The molecule has 0 aromatic carbocycles. The molecule has 2 heterocycles. The Bertz CT molecular complexity index is 426. The van der Waals surface area contributed by atoms with Crippen LogP contribution in [0.1, 0.15) is 40.2 Å². The van der Waals surface area contributed by atoms with E-state index in [1.54, 1.807) is 17.7 Å². The van der Waals surface area contributed by atoms with Gasteiger partial charge in [-0.05, 0) is 16.4 Å². The van der Waals surface area contributed by atoms with Crippen molar-refractivity contribution in [3.05, 3.63) is 23.5 Å². The van der Waals surface area contributed by atoms with Gasteiger partial charge in [-0.15, -0.1) is 11.3 Å². The van der Waals surface area contributed by atoms with E-state index in [0.29, 0.717) is 0 Å². The van der Waals surface area contributed by atoms with Gasteiger partial charge in [-0.1, -0.05) is 34.6 Å². The van der Waals surface area contributed by atoms with Crippen molar-refractivity contribution < 1.29 is 0 Å². The van der Waals surface area contributed by atoms with E-state index in [1.807, 2.05) is 20.0 Å². The summed E-state index contributed by atoms with van der Waals surface area (Å²) in [5.41, 5.74) is 1.52. The SMILES string of the molecule is CC.CC(C)(C)c1csc2ncncc12. The van der Waals surface area contributed by atoms with Crippen LogP contribution in [-0.4, -0.2) is 9.97 Å². The number of aromatic nitrogens is 2. The molecule has 2 aromatic heterocycles. The molecule has 3 heteroatoms. The highest BCUT2D eigenvalue weighted by Gasteiger charge is 2.18. The van der Waals surface area contributed by atoms with Gasteiger partial charge in [0.2, 0.25) is 0 Å². The molecule has 2 nitrogen and oxygen atoms in total. The van der Waals surface area contributed by atoms with Crippen molar-refractivity contribution in [2.45, 2.75) is 40.0 Å². The van der Waals surface area contributed by atoms with E-state index in [1.165, 1.54) is 10.9 Å². The van der Waals surface area contributed by atoms with Crippen LogP contribution in [-0.2, 0) is 5.41 Å². The maximum absolute atomic E-state index is 4.22. The van der Waals surface area contributed by atoms with Crippen molar-refractivity contribution in [3.8, 4) is 0 Å². The topological polar surface area (TPSA) is 25.8 Å². The summed E-state index contributed by atoms with van der Waals surface area (Å²) >= 11 is 1.69. The summed E-state index contributed by atoms with van der Waals surface area (Å²) in [6, 6.07) is 0. The molecule has 0 fully saturated rings. The van der Waals surface area contributed by atoms with Gasteiger partial charge in [0.1, 0.15) is 11.2 Å². The fourth-order valence-corrected chi connectivity index (χ4v) is 2.46. The van der Waals surface area contributed by atoms with Gasteiger partial charge >= 0.3 is 0 Å². The number of rotatable bonds is 0. The first-order valence-electron chi connectivity index (χ1n) is 5.27. The lowest BCUT2D eigenvalue weighted by Gasteiger charge is -2.16. The van der Waals surface area contributed by atoms with Crippen molar-refractivity contribution >= 4 is 21.6 Å². The monoisotopic (exact) mass is 222 g/mol. The molecular weight excluding hydrogens is 204 g/mol. The number of thiophene rings is 1. The second kappa shape index (κ2) is 4.71. The Morgan fingerprint density at radius 1 is 1.20 bits per heavy atom. The third-order valence-electron chi connectivity index (χ3n) is 2.06. The zero-order valence-corrected chi connectivity index (χ0v) is 10.9. The van der Waals surface area contributed by atoms with Crippen LogP contribution in [0.5, 0.6) is 0 Å². The Balaban J connectivity index is 0.000000531. The number of hydrogen-bond donors (Lipinski definition) is 0. The van der Waals surface area contributed by atoms with Gasteiger partial charge in [0.25, 0.3) is 0 Å². The maximum atomic E-state index is 4.22. The molecule has 0 saturated carbocycles. The fourth-order valence-electron chi connectivity index (χ4n) is 1.36. The predicted molar refractivity (Wildman–Crippen MR) is 67.5 cm³/mol. The molecule has 2 rings (SSSR count). The standard InChI is InChI=1S/C10H12N2S.C2H6/c1-10(2,3)8-5-13-9-7(8)4-11-6-12-9;1-2/h4-6H,1-3H3;1-2H3. The summed E-state index contributed by atoms with van der Waals surface area (Å²) < 4.78 is 0. The van der Waals surface area contributed by atoms with E-state index < -0.39 is 0 Å². The largest absolute Gasteiger partial charge is 0.244 e. The van der Waals surface area contributed by atoms with E-state index in [0.717, 1.165) is 4.83 Å². The zero-order valence-electron chi connectivity index (χ0n) is 10.0. The third kappa shape index (κ3) is 2.53. The summed E-state index contributed by atoms with van der Waals surface area (Å²) in [7, 11) is 0. The summed E-state index contributed by atoms with van der Waals surface area (Å²) in [6.07, 6.45) is 3.50. The van der Waals surface area contributed by atoms with Crippen molar-refractivity contribution in [2.24, 2.45) is 0 Å². The molecule has 0 aliphatic rings. The average Bonchev–Trinajstić information content (AvgIpc) is 2.63.